The Bertz CT molecular complexity index is 1010. The third-order valence-electron chi connectivity index (χ3n) is 4.15. The van der Waals surface area contributed by atoms with Crippen LogP contribution in [0.3, 0.4) is 0 Å². The first-order valence-electron chi connectivity index (χ1n) is 8.04. The molecule has 0 fully saturated rings. The fraction of sp³-hybridized carbons (Fsp3) is 0.312. The lowest BCUT2D eigenvalue weighted by atomic mass is 10.1. The van der Waals surface area contributed by atoms with Crippen molar-refractivity contribution in [2.45, 2.75) is 32.1 Å². The third-order valence-corrected chi connectivity index (χ3v) is 5.12. The van der Waals surface area contributed by atoms with Gasteiger partial charge in [-0.3, -0.25) is 4.98 Å². The molecule has 0 aliphatic heterocycles. The Labute approximate surface area is 170 Å². The van der Waals surface area contributed by atoms with E-state index in [1.807, 2.05) is 0 Å². The first-order chi connectivity index (χ1) is 13.2. The third kappa shape index (κ3) is 3.91. The zero-order valence-corrected chi connectivity index (χ0v) is 16.7. The van der Waals surface area contributed by atoms with Gasteiger partial charge in [0.05, 0.1) is 12.4 Å². The highest BCUT2D eigenvalue weighted by Gasteiger charge is 2.25. The van der Waals surface area contributed by atoms with Crippen molar-refractivity contribution in [3.05, 3.63) is 50.9 Å². The molecule has 6 nitrogen and oxygen atoms in total. The molecule has 0 aromatic carbocycles. The van der Waals surface area contributed by atoms with Crippen LogP contribution in [-0.4, -0.2) is 31.8 Å². The van der Waals surface area contributed by atoms with Crippen molar-refractivity contribution in [1.29, 1.82) is 0 Å². The molecule has 150 valence electrons. The maximum absolute atomic E-state index is 15.0. The van der Waals surface area contributed by atoms with E-state index in [9.17, 15) is 13.2 Å². The van der Waals surface area contributed by atoms with E-state index in [2.05, 4.69) is 36.3 Å². The van der Waals surface area contributed by atoms with Crippen LogP contribution in [0.15, 0.2) is 17.0 Å². The first kappa shape index (κ1) is 20.7. The van der Waals surface area contributed by atoms with Crippen LogP contribution in [0.2, 0.25) is 5.28 Å². The molecule has 0 bridgehead atoms. The van der Waals surface area contributed by atoms with Crippen molar-refractivity contribution in [2.24, 2.45) is 5.73 Å². The van der Waals surface area contributed by atoms with Gasteiger partial charge in [-0.2, -0.15) is 4.98 Å². The summed E-state index contributed by atoms with van der Waals surface area (Å²) in [5.74, 6) is -2.59. The number of hydrogen-bond acceptors (Lipinski definition) is 5. The predicted molar refractivity (Wildman–Crippen MR) is 99.4 cm³/mol. The van der Waals surface area contributed by atoms with E-state index in [1.54, 1.807) is 0 Å². The summed E-state index contributed by atoms with van der Waals surface area (Å²) < 4.78 is 57.3. The number of halogens is 6. The second kappa shape index (κ2) is 8.18. The summed E-state index contributed by atoms with van der Waals surface area (Å²) >= 11 is 9.10. The number of aromatic nitrogens is 4. The number of alkyl halides is 1. The SMILES string of the molecule is C[C@H](F)[C@H](N)Cc1c(F)c2c(NCc3c(F)cncc3F)nc(Cl)nn2c1Br. The van der Waals surface area contributed by atoms with Gasteiger partial charge in [0.15, 0.2) is 11.6 Å². The molecule has 2 atom stereocenters. The van der Waals surface area contributed by atoms with E-state index in [1.165, 1.54) is 6.92 Å². The Morgan fingerprint density at radius 1 is 1.25 bits per heavy atom. The zero-order chi connectivity index (χ0) is 20.6. The highest BCUT2D eigenvalue weighted by Crippen LogP contribution is 2.32. The molecular formula is C16H14BrClF4N6. The lowest BCUT2D eigenvalue weighted by Gasteiger charge is -2.11. The largest absolute Gasteiger partial charge is 0.364 e. The fourth-order valence-corrected chi connectivity index (χ4v) is 3.33. The lowest BCUT2D eigenvalue weighted by molar-refractivity contribution is 0.302. The quantitative estimate of drug-likeness (QED) is 0.524. The van der Waals surface area contributed by atoms with Crippen molar-refractivity contribution in [3.63, 3.8) is 0 Å². The Morgan fingerprint density at radius 3 is 2.50 bits per heavy atom. The molecular weight excluding hydrogens is 468 g/mol. The van der Waals surface area contributed by atoms with E-state index in [-0.39, 0.29) is 45.3 Å². The minimum Gasteiger partial charge on any atom is -0.364 e. The summed E-state index contributed by atoms with van der Waals surface area (Å²) in [5, 5.41) is 6.32. The van der Waals surface area contributed by atoms with Crippen molar-refractivity contribution < 1.29 is 17.6 Å². The molecule has 3 aromatic rings. The number of nitrogens with two attached hydrogens (primary N) is 1. The highest BCUT2D eigenvalue weighted by molar-refractivity contribution is 9.10. The second-order valence-electron chi connectivity index (χ2n) is 6.05. The number of nitrogens with zero attached hydrogens (tertiary/aromatic N) is 4. The average molecular weight is 482 g/mol. The van der Waals surface area contributed by atoms with Crippen molar-refractivity contribution in [1.82, 2.24) is 19.6 Å². The normalized spacial score (nSPS) is 13.7. The molecule has 0 radical (unpaired) electrons. The molecule has 0 saturated heterocycles. The highest BCUT2D eigenvalue weighted by atomic mass is 79.9. The van der Waals surface area contributed by atoms with Crippen LogP contribution in [0, 0.1) is 17.5 Å². The maximum Gasteiger partial charge on any atom is 0.243 e. The number of pyridine rings is 1. The lowest BCUT2D eigenvalue weighted by Crippen LogP contribution is -2.32. The first-order valence-corrected chi connectivity index (χ1v) is 9.21. The van der Waals surface area contributed by atoms with Gasteiger partial charge in [-0.05, 0) is 40.9 Å². The van der Waals surface area contributed by atoms with Crippen LogP contribution in [0.25, 0.3) is 5.52 Å². The van der Waals surface area contributed by atoms with Crippen molar-refractivity contribution in [2.75, 3.05) is 5.32 Å². The number of hydrogen-bond donors (Lipinski definition) is 2. The molecule has 28 heavy (non-hydrogen) atoms. The van der Waals surface area contributed by atoms with Gasteiger partial charge in [0.2, 0.25) is 5.28 Å². The van der Waals surface area contributed by atoms with Crippen LogP contribution >= 0.6 is 27.5 Å². The summed E-state index contributed by atoms with van der Waals surface area (Å²) in [4.78, 5) is 7.30. The molecule has 0 aliphatic carbocycles. The zero-order valence-electron chi connectivity index (χ0n) is 14.4. The van der Waals surface area contributed by atoms with E-state index in [0.717, 1.165) is 16.9 Å². The Hall–Kier alpha value is -1.98. The van der Waals surface area contributed by atoms with Crippen LogP contribution in [-0.2, 0) is 13.0 Å². The molecule has 0 amide bonds. The summed E-state index contributed by atoms with van der Waals surface area (Å²) in [6, 6.07) is -0.942. The van der Waals surface area contributed by atoms with Gasteiger partial charge in [-0.15, -0.1) is 5.10 Å². The Kier molecular flexibility index (Phi) is 6.06. The minimum atomic E-state index is -1.36. The molecule has 0 saturated carbocycles. The minimum absolute atomic E-state index is 0.0814. The maximum atomic E-state index is 15.0. The van der Waals surface area contributed by atoms with Crippen molar-refractivity contribution in [3.8, 4) is 0 Å². The van der Waals surface area contributed by atoms with E-state index in [4.69, 9.17) is 17.3 Å². The molecule has 3 heterocycles. The van der Waals surface area contributed by atoms with Gasteiger partial charge < -0.3 is 11.1 Å². The van der Waals surface area contributed by atoms with Gasteiger partial charge in [0, 0.05) is 23.7 Å². The van der Waals surface area contributed by atoms with Crippen LogP contribution in [0.1, 0.15) is 18.1 Å². The van der Waals surface area contributed by atoms with Gasteiger partial charge in [0.1, 0.15) is 27.9 Å². The summed E-state index contributed by atoms with van der Waals surface area (Å²) in [5.41, 5.74) is 5.36. The molecule has 0 unspecified atom stereocenters. The van der Waals surface area contributed by atoms with Crippen molar-refractivity contribution >= 4 is 38.9 Å². The van der Waals surface area contributed by atoms with Gasteiger partial charge in [-0.1, -0.05) is 0 Å². The summed E-state index contributed by atoms with van der Waals surface area (Å²) in [6.45, 7) is 0.926. The standard InChI is InChI=1S/C16H14BrClF4N6/c1-6(19)11(23)2-7-12(22)13-15(26-16(18)27-28(13)14(7)17)25-3-8-9(20)4-24-5-10(8)21/h4-6,11H,2-3,23H2,1H3,(H,25,26,27)/t6-,11+/m0/s1. The van der Waals surface area contributed by atoms with Gasteiger partial charge in [0.25, 0.3) is 0 Å². The van der Waals surface area contributed by atoms with Crippen LogP contribution < -0.4 is 11.1 Å². The predicted octanol–water partition coefficient (Wildman–Crippen LogP) is 3.80. The summed E-state index contributed by atoms with van der Waals surface area (Å²) in [6.07, 6.45) is 0.237. The number of rotatable bonds is 6. The Morgan fingerprint density at radius 2 is 1.89 bits per heavy atom. The van der Waals surface area contributed by atoms with Gasteiger partial charge >= 0.3 is 0 Å². The topological polar surface area (TPSA) is 81.1 Å². The molecule has 3 N–H and O–H groups in total. The van der Waals surface area contributed by atoms with E-state index in [0.29, 0.717) is 0 Å². The fourth-order valence-electron chi connectivity index (χ4n) is 2.57. The molecule has 12 heteroatoms. The Balaban J connectivity index is 2.03. The van der Waals surface area contributed by atoms with E-state index >= 15 is 4.39 Å². The number of anilines is 1. The molecule has 3 rings (SSSR count). The average Bonchev–Trinajstić information content (AvgIpc) is 2.85. The molecule has 0 aliphatic rings. The molecule has 3 aromatic heterocycles. The second-order valence-corrected chi connectivity index (χ2v) is 7.14. The number of fused-ring (bicyclic) bond motifs is 1. The van der Waals surface area contributed by atoms with Crippen LogP contribution in [0.5, 0.6) is 0 Å². The summed E-state index contributed by atoms with van der Waals surface area (Å²) in [7, 11) is 0. The molecule has 0 spiro atoms. The van der Waals surface area contributed by atoms with Gasteiger partial charge in [-0.25, -0.2) is 22.1 Å². The van der Waals surface area contributed by atoms with E-state index < -0.39 is 29.7 Å². The monoisotopic (exact) mass is 480 g/mol. The van der Waals surface area contributed by atoms with Crippen LogP contribution in [0.4, 0.5) is 23.4 Å². The smallest absolute Gasteiger partial charge is 0.243 e. The number of nitrogens with one attached hydrogen (secondary N) is 1.